The van der Waals surface area contributed by atoms with E-state index in [1.807, 2.05) is 0 Å². The number of hydrogen-bond acceptors (Lipinski definition) is 5. The van der Waals surface area contributed by atoms with Gasteiger partial charge in [-0.05, 0) is 24.3 Å². The van der Waals surface area contributed by atoms with E-state index in [-0.39, 0.29) is 11.5 Å². The van der Waals surface area contributed by atoms with E-state index in [2.05, 4.69) is 11.2 Å². The number of hydrogen-bond donors (Lipinski definition) is 3. The minimum absolute atomic E-state index is 0.169. The number of phenols is 2. The van der Waals surface area contributed by atoms with Gasteiger partial charge in [-0.2, -0.15) is 0 Å². The van der Waals surface area contributed by atoms with Crippen molar-refractivity contribution >= 4 is 20.8 Å². The standard InChI is InChI=1S/C6H6O2.HO2S2/c7-5-1-2-6(8)4-3-5;1-4(2)3/h1-4,7-8H;(H,1,2,3)/q;-1. The highest BCUT2D eigenvalue weighted by molar-refractivity contribution is 8.18. The maximum atomic E-state index is 8.93. The summed E-state index contributed by atoms with van der Waals surface area (Å²) in [5.74, 6) is 0.339. The summed E-state index contributed by atoms with van der Waals surface area (Å²) in [5.41, 5.74) is 0. The molecule has 0 fully saturated rings. The summed E-state index contributed by atoms with van der Waals surface area (Å²) in [7, 11) is -2.03. The van der Waals surface area contributed by atoms with Crippen LogP contribution in [0.4, 0.5) is 0 Å². The van der Waals surface area contributed by atoms with E-state index in [1.165, 1.54) is 24.3 Å². The summed E-state index contributed by atoms with van der Waals surface area (Å²) in [5, 5.41) is 17.3. The summed E-state index contributed by atoms with van der Waals surface area (Å²) in [4.78, 5) is 0. The van der Waals surface area contributed by atoms with Crippen LogP contribution >= 0.6 is 0 Å². The van der Waals surface area contributed by atoms with Gasteiger partial charge in [0.15, 0.2) is 0 Å². The zero-order chi connectivity index (χ0) is 9.56. The topological polar surface area (TPSA) is 77.8 Å². The van der Waals surface area contributed by atoms with Gasteiger partial charge in [-0.15, -0.1) is 0 Å². The predicted octanol–water partition coefficient (Wildman–Crippen LogP) is 0.983. The van der Waals surface area contributed by atoms with Crippen LogP contribution in [0.3, 0.4) is 0 Å². The molecule has 0 saturated heterocycles. The van der Waals surface area contributed by atoms with Crippen LogP contribution in [-0.4, -0.2) is 14.8 Å². The van der Waals surface area contributed by atoms with Gasteiger partial charge in [-0.25, -0.2) is 11.2 Å². The van der Waals surface area contributed by atoms with E-state index in [0.717, 1.165) is 0 Å². The molecule has 0 spiro atoms. The summed E-state index contributed by atoms with van der Waals surface area (Å²) < 4.78 is 16.3. The van der Waals surface area contributed by atoms with Crippen LogP contribution in [0.25, 0.3) is 0 Å². The first-order chi connectivity index (χ1) is 5.52. The van der Waals surface area contributed by atoms with Crippen molar-refractivity contribution < 1.29 is 19.0 Å². The Morgan fingerprint density at radius 1 is 1.08 bits per heavy atom. The van der Waals surface area contributed by atoms with Gasteiger partial charge in [0.2, 0.25) is 0 Å². The van der Waals surface area contributed by atoms with E-state index in [0.29, 0.717) is 0 Å². The van der Waals surface area contributed by atoms with Crippen molar-refractivity contribution in [2.45, 2.75) is 0 Å². The normalized spacial score (nSPS) is 8.83. The highest BCUT2D eigenvalue weighted by atomic mass is 32.8. The number of rotatable bonds is 0. The van der Waals surface area contributed by atoms with Gasteiger partial charge in [-0.3, -0.25) is 0 Å². The minimum atomic E-state index is -2.03. The Morgan fingerprint density at radius 3 is 1.42 bits per heavy atom. The highest BCUT2D eigenvalue weighted by Gasteiger charge is 1.84. The van der Waals surface area contributed by atoms with Gasteiger partial charge in [0.05, 0.1) is 0 Å². The first-order valence-electron chi connectivity index (χ1n) is 2.78. The molecule has 6 heteroatoms. The summed E-state index contributed by atoms with van der Waals surface area (Å²) >= 11 is 3.65. The van der Waals surface area contributed by atoms with E-state index >= 15 is 0 Å². The van der Waals surface area contributed by atoms with Gasteiger partial charge < -0.3 is 19.0 Å². The van der Waals surface area contributed by atoms with E-state index < -0.39 is 9.64 Å². The van der Waals surface area contributed by atoms with Crippen molar-refractivity contribution in [1.82, 2.24) is 0 Å². The van der Waals surface area contributed by atoms with Crippen molar-refractivity contribution in [3.8, 4) is 11.5 Å². The lowest BCUT2D eigenvalue weighted by atomic mass is 10.3. The average Bonchev–Trinajstić information content (AvgIpc) is 1.94. The molecule has 0 bridgehead atoms. The second-order valence-electron chi connectivity index (χ2n) is 1.73. The molecule has 4 nitrogen and oxygen atoms in total. The van der Waals surface area contributed by atoms with Crippen LogP contribution in [0, 0.1) is 0 Å². The van der Waals surface area contributed by atoms with Crippen LogP contribution in [0.15, 0.2) is 24.3 Å². The highest BCUT2D eigenvalue weighted by Crippen LogP contribution is 2.13. The van der Waals surface area contributed by atoms with E-state index in [4.69, 9.17) is 19.0 Å². The molecular formula is C6H7O4S2-. The largest absolute Gasteiger partial charge is 0.508 e. The third kappa shape index (κ3) is 7.26. The number of aromatic hydroxyl groups is 2. The first kappa shape index (κ1) is 11.2. The van der Waals surface area contributed by atoms with Crippen molar-refractivity contribution in [3.05, 3.63) is 24.3 Å². The molecule has 0 aliphatic carbocycles. The Balaban J connectivity index is 0.000000261. The Morgan fingerprint density at radius 2 is 1.25 bits per heavy atom. The third-order valence-electron chi connectivity index (χ3n) is 0.850. The molecule has 1 aromatic carbocycles. The molecule has 0 saturated carbocycles. The molecule has 0 amide bonds. The smallest absolute Gasteiger partial charge is 0.115 e. The molecule has 0 radical (unpaired) electrons. The average molecular weight is 207 g/mol. The Kier molecular flexibility index (Phi) is 5.35. The maximum absolute atomic E-state index is 8.93. The Hall–Kier alpha value is -0.850. The minimum Gasteiger partial charge on any atom is -0.508 e. The second kappa shape index (κ2) is 5.76. The lowest BCUT2D eigenvalue weighted by Crippen LogP contribution is -1.61. The van der Waals surface area contributed by atoms with Crippen molar-refractivity contribution in [1.29, 1.82) is 0 Å². The fourth-order valence-electron chi connectivity index (χ4n) is 0.453. The Bertz CT molecular complexity index is 262. The SMILES string of the molecule is O=[S-](O)=S.Oc1ccc(O)cc1. The van der Waals surface area contributed by atoms with E-state index in [1.54, 1.807) is 0 Å². The number of phenolic OH excluding ortho intramolecular Hbond substituents is 2. The van der Waals surface area contributed by atoms with E-state index in [9.17, 15) is 0 Å². The molecule has 1 aromatic rings. The molecule has 0 atom stereocenters. The van der Waals surface area contributed by atoms with Gasteiger partial charge in [-0.1, -0.05) is 9.64 Å². The molecule has 3 N–H and O–H groups in total. The van der Waals surface area contributed by atoms with Crippen LogP contribution in [0.5, 0.6) is 11.5 Å². The van der Waals surface area contributed by atoms with Gasteiger partial charge in [0, 0.05) is 0 Å². The van der Waals surface area contributed by atoms with Crippen LogP contribution in [-0.2, 0) is 25.0 Å². The molecule has 0 heterocycles. The molecule has 68 valence electrons. The molecule has 0 aromatic heterocycles. The van der Waals surface area contributed by atoms with Gasteiger partial charge in [0.1, 0.15) is 11.5 Å². The zero-order valence-electron chi connectivity index (χ0n) is 5.88. The van der Waals surface area contributed by atoms with Gasteiger partial charge in [0.25, 0.3) is 0 Å². The van der Waals surface area contributed by atoms with Crippen molar-refractivity contribution in [2.75, 3.05) is 0 Å². The molecule has 0 unspecified atom stereocenters. The lowest BCUT2D eigenvalue weighted by molar-refractivity contribution is 0.460. The Labute approximate surface area is 76.0 Å². The van der Waals surface area contributed by atoms with Crippen molar-refractivity contribution in [2.24, 2.45) is 0 Å². The predicted molar refractivity (Wildman–Crippen MR) is 47.8 cm³/mol. The molecule has 0 aliphatic rings. The van der Waals surface area contributed by atoms with Crippen molar-refractivity contribution in [3.63, 3.8) is 0 Å². The van der Waals surface area contributed by atoms with Crippen LogP contribution < -0.4 is 0 Å². The maximum Gasteiger partial charge on any atom is 0.115 e. The third-order valence-corrected chi connectivity index (χ3v) is 0.850. The molecule has 1 rings (SSSR count). The fraction of sp³-hybridized carbons (Fsp3) is 0. The lowest BCUT2D eigenvalue weighted by Gasteiger charge is -1.88. The monoisotopic (exact) mass is 207 g/mol. The summed E-state index contributed by atoms with van der Waals surface area (Å²) in [6, 6.07) is 5.70. The first-order valence-corrected chi connectivity index (χ1v) is 4.82. The van der Waals surface area contributed by atoms with Gasteiger partial charge >= 0.3 is 0 Å². The molecular weight excluding hydrogens is 200 g/mol. The summed E-state index contributed by atoms with van der Waals surface area (Å²) in [6.07, 6.45) is 0. The molecule has 12 heavy (non-hydrogen) atoms. The fourth-order valence-corrected chi connectivity index (χ4v) is 0.453. The van der Waals surface area contributed by atoms with Crippen LogP contribution in [0.2, 0.25) is 0 Å². The number of benzene rings is 1. The zero-order valence-corrected chi connectivity index (χ0v) is 7.51. The van der Waals surface area contributed by atoms with Crippen LogP contribution in [0.1, 0.15) is 0 Å². The molecule has 0 aliphatic heterocycles. The quantitative estimate of drug-likeness (QED) is 0.336. The second-order valence-corrected chi connectivity index (χ2v) is 3.02. The summed E-state index contributed by atoms with van der Waals surface area (Å²) in [6.45, 7) is 0.